The van der Waals surface area contributed by atoms with E-state index in [1.165, 1.54) is 0 Å². The summed E-state index contributed by atoms with van der Waals surface area (Å²) in [6.07, 6.45) is 0. The lowest BCUT2D eigenvalue weighted by molar-refractivity contribution is 1.01. The number of aromatic nitrogens is 4. The number of pyridine rings is 1. The van der Waals surface area contributed by atoms with E-state index in [9.17, 15) is 4.79 Å². The number of benzene rings is 8. The molecule has 3 heterocycles. The van der Waals surface area contributed by atoms with Crippen molar-refractivity contribution < 1.29 is 0 Å². The lowest BCUT2D eigenvalue weighted by atomic mass is 10.0. The topological polar surface area (TPSA) is 52.7 Å². The van der Waals surface area contributed by atoms with Crippen LogP contribution in [0, 0.1) is 0 Å². The zero-order valence-corrected chi connectivity index (χ0v) is 27.9. The van der Waals surface area contributed by atoms with Gasteiger partial charge in [0.1, 0.15) is 0 Å². The van der Waals surface area contributed by atoms with Gasteiger partial charge < -0.3 is 0 Å². The van der Waals surface area contributed by atoms with Crippen LogP contribution in [-0.4, -0.2) is 19.1 Å². The summed E-state index contributed by atoms with van der Waals surface area (Å²) in [5.74, 6) is 0.547. The molecule has 0 saturated heterocycles. The molecule has 242 valence electrons. The SMILES string of the molecule is O=c1c2ccccc2c2ccc3c4c5ccccc5ccc4n(-c4nc(-c5ccccc5)c5ccc6ccccc6c5n4)c3c2n1-c1ccccc1. The number of para-hydroxylation sites is 1. The van der Waals surface area contributed by atoms with E-state index in [4.69, 9.17) is 9.97 Å². The van der Waals surface area contributed by atoms with Gasteiger partial charge in [0.25, 0.3) is 5.56 Å². The molecule has 0 radical (unpaired) electrons. The van der Waals surface area contributed by atoms with Crippen molar-refractivity contribution in [3.8, 4) is 22.9 Å². The first-order valence-electron chi connectivity index (χ1n) is 17.5. The van der Waals surface area contributed by atoms with Crippen LogP contribution in [0.15, 0.2) is 175 Å². The monoisotopic (exact) mass is 664 g/mol. The molecular weight excluding hydrogens is 637 g/mol. The van der Waals surface area contributed by atoms with Gasteiger partial charge in [0.05, 0.1) is 27.8 Å². The molecule has 0 fully saturated rings. The van der Waals surface area contributed by atoms with Crippen molar-refractivity contribution in [1.29, 1.82) is 0 Å². The van der Waals surface area contributed by atoms with Gasteiger partial charge >= 0.3 is 0 Å². The van der Waals surface area contributed by atoms with Crippen molar-refractivity contribution in [2.24, 2.45) is 0 Å². The third kappa shape index (κ3) is 4.02. The molecule has 11 aromatic rings. The number of fused-ring (bicyclic) bond motifs is 12. The van der Waals surface area contributed by atoms with Crippen LogP contribution in [0.4, 0.5) is 0 Å². The number of rotatable bonds is 3. The Morgan fingerprint density at radius 3 is 1.77 bits per heavy atom. The summed E-state index contributed by atoms with van der Waals surface area (Å²) in [5.41, 5.74) is 6.14. The molecule has 8 aromatic carbocycles. The molecule has 0 amide bonds. The lowest BCUT2D eigenvalue weighted by Crippen LogP contribution is -2.20. The number of hydrogen-bond donors (Lipinski definition) is 0. The first-order chi connectivity index (χ1) is 25.7. The third-order valence-electron chi connectivity index (χ3n) is 10.5. The average molecular weight is 665 g/mol. The van der Waals surface area contributed by atoms with Gasteiger partial charge in [0, 0.05) is 43.6 Å². The Balaban J connectivity index is 1.42. The molecule has 3 aromatic heterocycles. The fraction of sp³-hybridized carbons (Fsp3) is 0. The van der Waals surface area contributed by atoms with Gasteiger partial charge in [-0.1, -0.05) is 140 Å². The Bertz CT molecular complexity index is 3310. The van der Waals surface area contributed by atoms with E-state index in [2.05, 4.69) is 108 Å². The summed E-state index contributed by atoms with van der Waals surface area (Å²) in [5, 5.41) is 10.1. The van der Waals surface area contributed by atoms with Crippen LogP contribution in [0.25, 0.3) is 98.8 Å². The molecule has 0 saturated carbocycles. The van der Waals surface area contributed by atoms with E-state index in [1.54, 1.807) is 0 Å². The predicted molar refractivity (Wildman–Crippen MR) is 215 cm³/mol. The first kappa shape index (κ1) is 28.7. The Kier molecular flexibility index (Phi) is 6.04. The highest BCUT2D eigenvalue weighted by atomic mass is 16.1. The predicted octanol–water partition coefficient (Wildman–Crippen LogP) is 11.2. The molecule has 0 aliphatic heterocycles. The fourth-order valence-electron chi connectivity index (χ4n) is 8.23. The second-order valence-electron chi connectivity index (χ2n) is 13.3. The molecular formula is C47H28N4O. The number of nitrogens with zero attached hydrogens (tertiary/aromatic N) is 4. The summed E-state index contributed by atoms with van der Waals surface area (Å²) in [7, 11) is 0. The van der Waals surface area contributed by atoms with E-state index in [0.29, 0.717) is 11.3 Å². The maximum Gasteiger partial charge on any atom is 0.263 e. The highest BCUT2D eigenvalue weighted by Gasteiger charge is 2.24. The molecule has 0 atom stereocenters. The summed E-state index contributed by atoms with van der Waals surface area (Å²) in [6, 6.07) is 58.1. The van der Waals surface area contributed by atoms with Crippen LogP contribution in [0.3, 0.4) is 0 Å². The standard InChI is InChI=1S/C47H28N4O/c52-46-37-22-12-11-21-35(37)36-26-27-38-41-33-19-9-7-13-29(33)24-28-40(41)51(45(38)44(36)50(46)32-17-5-2-6-18-32)47-48-42(31-15-3-1-4-16-31)39-25-23-30-14-8-10-20-34(30)43(39)49-47/h1-28H. The van der Waals surface area contributed by atoms with Crippen molar-refractivity contribution >= 4 is 75.9 Å². The summed E-state index contributed by atoms with van der Waals surface area (Å²) in [6.45, 7) is 0. The highest BCUT2D eigenvalue weighted by molar-refractivity contribution is 6.27. The Hall–Kier alpha value is -7.11. The van der Waals surface area contributed by atoms with Gasteiger partial charge in [-0.15, -0.1) is 0 Å². The Morgan fingerprint density at radius 1 is 0.404 bits per heavy atom. The van der Waals surface area contributed by atoms with E-state index in [-0.39, 0.29) is 5.56 Å². The molecule has 5 heteroatoms. The normalized spacial score (nSPS) is 11.9. The van der Waals surface area contributed by atoms with Gasteiger partial charge in [-0.05, 0) is 51.9 Å². The molecule has 0 unspecified atom stereocenters. The van der Waals surface area contributed by atoms with Crippen molar-refractivity contribution in [1.82, 2.24) is 19.1 Å². The van der Waals surface area contributed by atoms with Crippen LogP contribution >= 0.6 is 0 Å². The van der Waals surface area contributed by atoms with Crippen LogP contribution in [-0.2, 0) is 0 Å². The molecule has 0 N–H and O–H groups in total. The van der Waals surface area contributed by atoms with Crippen LogP contribution in [0.2, 0.25) is 0 Å². The first-order valence-corrected chi connectivity index (χ1v) is 17.5. The highest BCUT2D eigenvalue weighted by Crippen LogP contribution is 2.42. The minimum Gasteiger partial charge on any atom is -0.276 e. The maximum absolute atomic E-state index is 14.7. The minimum atomic E-state index is -0.0705. The van der Waals surface area contributed by atoms with Crippen LogP contribution in [0.5, 0.6) is 0 Å². The van der Waals surface area contributed by atoms with Gasteiger partial charge in [0.15, 0.2) is 0 Å². The second kappa shape index (κ2) is 10.9. The average Bonchev–Trinajstić information content (AvgIpc) is 3.56. The van der Waals surface area contributed by atoms with Gasteiger partial charge in [-0.25, -0.2) is 9.97 Å². The van der Waals surface area contributed by atoms with Gasteiger partial charge in [0.2, 0.25) is 5.95 Å². The largest absolute Gasteiger partial charge is 0.276 e. The zero-order valence-electron chi connectivity index (χ0n) is 27.9. The van der Waals surface area contributed by atoms with Crippen molar-refractivity contribution in [2.75, 3.05) is 0 Å². The van der Waals surface area contributed by atoms with Crippen LogP contribution < -0.4 is 5.56 Å². The van der Waals surface area contributed by atoms with Crippen molar-refractivity contribution in [2.45, 2.75) is 0 Å². The van der Waals surface area contributed by atoms with Crippen molar-refractivity contribution in [3.05, 3.63) is 180 Å². The number of hydrogen-bond acceptors (Lipinski definition) is 3. The minimum absolute atomic E-state index is 0.0705. The molecule has 0 aliphatic rings. The molecule has 52 heavy (non-hydrogen) atoms. The fourth-order valence-corrected chi connectivity index (χ4v) is 8.23. The van der Waals surface area contributed by atoms with Crippen LogP contribution in [0.1, 0.15) is 0 Å². The zero-order chi connectivity index (χ0) is 34.3. The molecule has 5 nitrogen and oxygen atoms in total. The van der Waals surface area contributed by atoms with Crippen molar-refractivity contribution in [3.63, 3.8) is 0 Å². The quantitative estimate of drug-likeness (QED) is 0.177. The lowest BCUT2D eigenvalue weighted by Gasteiger charge is -2.17. The smallest absolute Gasteiger partial charge is 0.263 e. The maximum atomic E-state index is 14.7. The third-order valence-corrected chi connectivity index (χ3v) is 10.5. The summed E-state index contributed by atoms with van der Waals surface area (Å²) in [4.78, 5) is 25.7. The van der Waals surface area contributed by atoms with E-state index in [1.807, 2.05) is 71.3 Å². The molecule has 0 aliphatic carbocycles. The Labute approximate surface area is 297 Å². The van der Waals surface area contributed by atoms with E-state index >= 15 is 0 Å². The van der Waals surface area contributed by atoms with Gasteiger partial charge in [-0.3, -0.25) is 13.9 Å². The summed E-state index contributed by atoms with van der Waals surface area (Å²) < 4.78 is 4.08. The van der Waals surface area contributed by atoms with E-state index < -0.39 is 0 Å². The second-order valence-corrected chi connectivity index (χ2v) is 13.3. The summed E-state index contributed by atoms with van der Waals surface area (Å²) >= 11 is 0. The Morgan fingerprint density at radius 2 is 0.981 bits per heavy atom. The molecule has 11 rings (SSSR count). The molecule has 0 bridgehead atoms. The molecule has 0 spiro atoms. The van der Waals surface area contributed by atoms with E-state index in [0.717, 1.165) is 87.5 Å². The van der Waals surface area contributed by atoms with Gasteiger partial charge in [-0.2, -0.15) is 0 Å².